The smallest absolute Gasteiger partial charge is 0.149 e. The molecule has 29 heavy (non-hydrogen) atoms. The number of aromatic amines is 1. The van der Waals surface area contributed by atoms with Gasteiger partial charge in [-0.1, -0.05) is 25.1 Å². The van der Waals surface area contributed by atoms with Gasteiger partial charge in [-0.15, -0.1) is 0 Å². The van der Waals surface area contributed by atoms with E-state index < -0.39 is 0 Å². The van der Waals surface area contributed by atoms with Crippen LogP contribution in [0.1, 0.15) is 63.9 Å². The van der Waals surface area contributed by atoms with E-state index in [2.05, 4.69) is 73.8 Å². The summed E-state index contributed by atoms with van der Waals surface area (Å²) in [4.78, 5) is 10.4. The predicted octanol–water partition coefficient (Wildman–Crippen LogP) is 6.13. The number of hydrogen-bond acceptors (Lipinski definition) is 3. The van der Waals surface area contributed by atoms with Crippen molar-refractivity contribution < 1.29 is 0 Å². The van der Waals surface area contributed by atoms with Crippen molar-refractivity contribution in [3.05, 3.63) is 59.4 Å². The number of nitrogens with one attached hydrogen (secondary N) is 1. The van der Waals surface area contributed by atoms with Crippen LogP contribution in [0.25, 0.3) is 22.7 Å². The number of hydrogen-bond donors (Lipinski definition) is 1. The van der Waals surface area contributed by atoms with E-state index in [9.17, 15) is 5.26 Å². The average molecular weight is 385 g/mol. The zero-order valence-electron chi connectivity index (χ0n) is 17.8. The van der Waals surface area contributed by atoms with Crippen molar-refractivity contribution in [3.8, 4) is 6.07 Å². The zero-order chi connectivity index (χ0) is 20.8. The summed E-state index contributed by atoms with van der Waals surface area (Å²) in [6, 6.07) is 17.2. The number of H-pyrrole nitrogens is 1. The van der Waals surface area contributed by atoms with Gasteiger partial charge in [-0.2, -0.15) is 5.26 Å². The second kappa shape index (κ2) is 7.08. The first-order valence-electron chi connectivity index (χ1n) is 10.3. The molecular weight excluding hydrogens is 356 g/mol. The molecule has 2 heterocycles. The summed E-state index contributed by atoms with van der Waals surface area (Å²) >= 11 is 0. The lowest BCUT2D eigenvalue weighted by Gasteiger charge is -2.50. The number of nitriles is 1. The lowest BCUT2D eigenvalue weighted by atomic mass is 9.79. The molecule has 1 atom stereocenters. The molecule has 2 aromatic carbocycles. The van der Waals surface area contributed by atoms with E-state index in [4.69, 9.17) is 0 Å². The highest BCUT2D eigenvalue weighted by Crippen LogP contribution is 2.44. The summed E-state index contributed by atoms with van der Waals surface area (Å²) in [5, 5.41) is 9.75. The molecule has 0 fully saturated rings. The third-order valence-corrected chi connectivity index (χ3v) is 5.89. The Morgan fingerprint density at radius 3 is 2.72 bits per heavy atom. The molecule has 1 N–H and O–H groups in total. The number of fused-ring (bicyclic) bond motifs is 2. The Kier molecular flexibility index (Phi) is 4.70. The molecule has 4 heteroatoms. The number of allylic oxidation sites excluding steroid dienone is 1. The van der Waals surface area contributed by atoms with Crippen LogP contribution < -0.4 is 4.90 Å². The molecule has 4 nitrogen and oxygen atoms in total. The van der Waals surface area contributed by atoms with Gasteiger partial charge < -0.3 is 9.88 Å². The number of anilines is 1. The van der Waals surface area contributed by atoms with Crippen LogP contribution in [0.3, 0.4) is 0 Å². The van der Waals surface area contributed by atoms with E-state index >= 15 is 0 Å². The maximum absolute atomic E-state index is 9.75. The molecule has 1 aliphatic rings. The van der Waals surface area contributed by atoms with E-state index in [1.54, 1.807) is 0 Å². The Hall–Kier alpha value is -3.06. The number of aromatic nitrogens is 2. The summed E-state index contributed by atoms with van der Waals surface area (Å²) < 4.78 is 0. The number of nitrogens with zero attached hydrogens (tertiary/aromatic N) is 3. The number of para-hydroxylation sites is 2. The minimum atomic E-state index is 0.129. The van der Waals surface area contributed by atoms with E-state index in [1.807, 2.05) is 30.3 Å². The van der Waals surface area contributed by atoms with E-state index in [1.165, 1.54) is 11.3 Å². The second-order valence-corrected chi connectivity index (χ2v) is 8.97. The zero-order valence-corrected chi connectivity index (χ0v) is 17.8. The average Bonchev–Trinajstić information content (AvgIpc) is 3.09. The summed E-state index contributed by atoms with van der Waals surface area (Å²) in [6.07, 6.45) is 3.05. The number of imidazole rings is 1. The fourth-order valence-electron chi connectivity index (χ4n) is 4.94. The minimum absolute atomic E-state index is 0.129. The second-order valence-electron chi connectivity index (χ2n) is 8.97. The van der Waals surface area contributed by atoms with Gasteiger partial charge in [0.25, 0.3) is 0 Å². The van der Waals surface area contributed by atoms with Gasteiger partial charge in [0.2, 0.25) is 0 Å². The van der Waals surface area contributed by atoms with Gasteiger partial charge in [0.15, 0.2) is 0 Å². The molecule has 148 valence electrons. The highest BCUT2D eigenvalue weighted by Gasteiger charge is 2.37. The van der Waals surface area contributed by atoms with Crippen molar-refractivity contribution in [1.82, 2.24) is 9.97 Å². The third-order valence-electron chi connectivity index (χ3n) is 5.89. The lowest BCUT2D eigenvalue weighted by molar-refractivity contribution is 0.356. The van der Waals surface area contributed by atoms with Crippen molar-refractivity contribution in [2.45, 2.75) is 58.5 Å². The summed E-state index contributed by atoms with van der Waals surface area (Å²) in [6.45, 7) is 11.5. The molecule has 4 rings (SSSR count). The first kappa shape index (κ1) is 19.3. The van der Waals surface area contributed by atoms with Gasteiger partial charge in [-0.25, -0.2) is 4.98 Å². The monoisotopic (exact) mass is 384 g/mol. The summed E-state index contributed by atoms with van der Waals surface area (Å²) in [7, 11) is 0. The van der Waals surface area contributed by atoms with Crippen LogP contribution in [0, 0.1) is 11.3 Å². The van der Waals surface area contributed by atoms with Gasteiger partial charge in [0.1, 0.15) is 11.9 Å². The fourth-order valence-corrected chi connectivity index (χ4v) is 4.94. The molecule has 1 unspecified atom stereocenters. The largest absolute Gasteiger partial charge is 0.364 e. The minimum Gasteiger partial charge on any atom is -0.364 e. The van der Waals surface area contributed by atoms with Crippen molar-refractivity contribution in [2.24, 2.45) is 0 Å². The number of benzene rings is 2. The highest BCUT2D eigenvalue weighted by molar-refractivity contribution is 5.90. The van der Waals surface area contributed by atoms with Gasteiger partial charge >= 0.3 is 0 Å². The van der Waals surface area contributed by atoms with Gasteiger partial charge in [-0.3, -0.25) is 0 Å². The first-order valence-corrected chi connectivity index (χ1v) is 10.3. The first-order chi connectivity index (χ1) is 13.8. The molecule has 3 aromatic rings. The Morgan fingerprint density at radius 2 is 2.03 bits per heavy atom. The fraction of sp³-hybridized carbons (Fsp3) is 0.360. The van der Waals surface area contributed by atoms with Crippen LogP contribution >= 0.6 is 0 Å². The molecule has 0 radical (unpaired) electrons. The highest BCUT2D eigenvalue weighted by atomic mass is 15.2. The standard InChI is InChI=1S/C25H28N4/c1-16(2)29-23-11-10-18(13-20(23)17(3)14-25(29,4)5)12-19(15-26)24-27-21-8-6-7-9-22(21)28-24/h6-13,16-17H,14H2,1-5H3,(H,27,28)/b19-12-. The quantitative estimate of drug-likeness (QED) is 0.553. The van der Waals surface area contributed by atoms with Crippen molar-refractivity contribution in [2.75, 3.05) is 4.90 Å². The molecule has 1 aromatic heterocycles. The predicted molar refractivity (Wildman–Crippen MR) is 121 cm³/mol. The van der Waals surface area contributed by atoms with Gasteiger partial charge in [-0.05, 0) is 81.5 Å². The van der Waals surface area contributed by atoms with Crippen LogP contribution in [0.4, 0.5) is 5.69 Å². The van der Waals surface area contributed by atoms with Crippen molar-refractivity contribution in [1.29, 1.82) is 5.26 Å². The molecule has 0 bridgehead atoms. The van der Waals surface area contributed by atoms with Crippen LogP contribution in [0.2, 0.25) is 0 Å². The van der Waals surface area contributed by atoms with E-state index in [0.29, 0.717) is 23.4 Å². The molecule has 0 saturated carbocycles. The van der Waals surface area contributed by atoms with Gasteiger partial charge in [0, 0.05) is 17.3 Å². The van der Waals surface area contributed by atoms with Crippen LogP contribution in [0.15, 0.2) is 42.5 Å². The Labute approximate surface area is 172 Å². The Balaban J connectivity index is 1.76. The molecule has 0 aliphatic carbocycles. The van der Waals surface area contributed by atoms with E-state index in [0.717, 1.165) is 23.0 Å². The van der Waals surface area contributed by atoms with Crippen LogP contribution in [-0.4, -0.2) is 21.5 Å². The topological polar surface area (TPSA) is 55.7 Å². The maximum atomic E-state index is 9.75. The van der Waals surface area contributed by atoms with E-state index in [-0.39, 0.29) is 5.54 Å². The molecule has 0 saturated heterocycles. The Bertz CT molecular complexity index is 1090. The molecular formula is C25H28N4. The van der Waals surface area contributed by atoms with Crippen molar-refractivity contribution in [3.63, 3.8) is 0 Å². The third kappa shape index (κ3) is 3.42. The summed E-state index contributed by atoms with van der Waals surface area (Å²) in [5.41, 5.74) is 6.19. The maximum Gasteiger partial charge on any atom is 0.149 e. The number of rotatable bonds is 3. The molecule has 0 spiro atoms. The SMILES string of the molecule is CC1CC(C)(C)N(C(C)C)c2ccc(/C=C(/C#N)c3nc4ccccc4[nH]3)cc21. The van der Waals surface area contributed by atoms with Crippen LogP contribution in [0.5, 0.6) is 0 Å². The summed E-state index contributed by atoms with van der Waals surface area (Å²) in [5.74, 6) is 1.09. The molecule has 0 amide bonds. The molecule has 1 aliphatic heterocycles. The lowest BCUT2D eigenvalue weighted by Crippen LogP contribution is -2.51. The van der Waals surface area contributed by atoms with Gasteiger partial charge in [0.05, 0.1) is 16.6 Å². The van der Waals surface area contributed by atoms with Crippen molar-refractivity contribution >= 4 is 28.4 Å². The normalized spacial score (nSPS) is 18.7. The Morgan fingerprint density at radius 1 is 1.28 bits per heavy atom. The van der Waals surface area contributed by atoms with Crippen LogP contribution in [-0.2, 0) is 0 Å².